The molecule has 0 bridgehead atoms. The van der Waals surface area contributed by atoms with Crippen LogP contribution in [0.4, 0.5) is 29.3 Å². The molecule has 0 aliphatic carbocycles. The number of carbonyl (C=O) groups excluding carboxylic acids is 2. The Hall–Kier alpha value is -3.36. The van der Waals surface area contributed by atoms with Crippen LogP contribution in [0.2, 0.25) is 5.02 Å². The molecule has 1 aromatic heterocycles. The third-order valence-corrected chi connectivity index (χ3v) is 9.84. The molecule has 43 heavy (non-hydrogen) atoms. The average molecular weight is 654 g/mol. The van der Waals surface area contributed by atoms with Gasteiger partial charge in [0.2, 0.25) is 0 Å². The number of aromatic nitrogens is 1. The van der Waals surface area contributed by atoms with Gasteiger partial charge in [-0.3, -0.25) is 9.00 Å². The topological polar surface area (TPSA) is 104 Å². The smallest absolute Gasteiger partial charge is 0.427 e. The lowest BCUT2D eigenvalue weighted by atomic mass is 9.96. The minimum atomic E-state index is -4.55. The van der Waals surface area contributed by atoms with E-state index in [2.05, 4.69) is 15.6 Å². The Morgan fingerprint density at radius 1 is 1.21 bits per heavy atom. The minimum absolute atomic E-state index is 0.106. The Balaban J connectivity index is 1.38. The van der Waals surface area contributed by atoms with Crippen molar-refractivity contribution in [1.29, 1.82) is 0 Å². The number of hydrogen-bond donors (Lipinski definition) is 2. The molecule has 3 aromatic rings. The number of halogens is 4. The first-order chi connectivity index (χ1) is 20.5. The van der Waals surface area contributed by atoms with Crippen molar-refractivity contribution in [2.24, 2.45) is 0 Å². The zero-order valence-corrected chi connectivity index (χ0v) is 25.2. The van der Waals surface area contributed by atoms with E-state index in [-0.39, 0.29) is 48.0 Å². The number of cyclic esters (lactones) is 1. The van der Waals surface area contributed by atoms with Crippen LogP contribution >= 0.6 is 22.9 Å². The molecule has 2 N–H and O–H groups in total. The first kappa shape index (κ1) is 29.7. The SMILES string of the molecule is CS(=O)CC1Nc2cc(-c3ncc(C(F)(F)F)s3)c(N[C@H]3CCN4C(=O)OC[C@@H]4C3)cc2C(=O)N1Cc1ccc(Cl)cc1. The molecular formula is C28H27ClF3N5O4S2. The highest BCUT2D eigenvalue weighted by atomic mass is 35.5. The number of alkyl halides is 3. The molecule has 228 valence electrons. The van der Waals surface area contributed by atoms with Gasteiger partial charge in [-0.15, -0.1) is 11.3 Å². The summed E-state index contributed by atoms with van der Waals surface area (Å²) in [6, 6.07) is 10.1. The number of ether oxygens (including phenoxy) is 1. The van der Waals surface area contributed by atoms with Crippen LogP contribution in [-0.2, 0) is 28.3 Å². The monoisotopic (exact) mass is 653 g/mol. The summed E-state index contributed by atoms with van der Waals surface area (Å²) < 4.78 is 58.0. The van der Waals surface area contributed by atoms with Gasteiger partial charge in [-0.2, -0.15) is 13.2 Å². The van der Waals surface area contributed by atoms with Crippen molar-refractivity contribution in [3.63, 3.8) is 0 Å². The predicted molar refractivity (Wildman–Crippen MR) is 159 cm³/mol. The quantitative estimate of drug-likeness (QED) is 0.340. The summed E-state index contributed by atoms with van der Waals surface area (Å²) in [6.07, 6.45) is -2.01. The Labute approximate surface area is 256 Å². The molecule has 2 amide bonds. The molecule has 0 saturated carbocycles. The number of amides is 2. The summed E-state index contributed by atoms with van der Waals surface area (Å²) in [5.74, 6) is -0.168. The minimum Gasteiger partial charge on any atom is -0.447 e. The van der Waals surface area contributed by atoms with E-state index in [4.69, 9.17) is 16.3 Å². The van der Waals surface area contributed by atoms with Gasteiger partial charge in [0.1, 0.15) is 22.7 Å². The largest absolute Gasteiger partial charge is 0.447 e. The number of nitrogens with zero attached hydrogens (tertiary/aromatic N) is 3. The number of carbonyl (C=O) groups is 2. The molecular weight excluding hydrogens is 627 g/mol. The van der Waals surface area contributed by atoms with E-state index in [9.17, 15) is 27.0 Å². The fourth-order valence-electron chi connectivity index (χ4n) is 5.65. The number of thiazole rings is 1. The molecule has 2 saturated heterocycles. The molecule has 2 fully saturated rings. The second-order valence-electron chi connectivity index (χ2n) is 10.7. The molecule has 9 nitrogen and oxygen atoms in total. The maximum atomic E-state index is 14.0. The van der Waals surface area contributed by atoms with Gasteiger partial charge >= 0.3 is 12.3 Å². The van der Waals surface area contributed by atoms with Crippen LogP contribution in [-0.4, -0.2) is 74.4 Å². The molecule has 4 atom stereocenters. The maximum Gasteiger partial charge on any atom is 0.427 e. The summed E-state index contributed by atoms with van der Waals surface area (Å²) in [6.45, 7) is 0.976. The van der Waals surface area contributed by atoms with Gasteiger partial charge in [0.15, 0.2) is 0 Å². The Morgan fingerprint density at radius 2 is 1.98 bits per heavy atom. The molecule has 0 radical (unpaired) electrons. The van der Waals surface area contributed by atoms with Crippen LogP contribution in [0.1, 0.15) is 33.6 Å². The van der Waals surface area contributed by atoms with E-state index in [0.29, 0.717) is 58.2 Å². The zero-order valence-electron chi connectivity index (χ0n) is 22.8. The first-order valence-electron chi connectivity index (χ1n) is 13.5. The molecule has 3 aliphatic heterocycles. The average Bonchev–Trinajstić information content (AvgIpc) is 3.59. The lowest BCUT2D eigenvalue weighted by Crippen LogP contribution is -2.51. The van der Waals surface area contributed by atoms with Gasteiger partial charge < -0.3 is 25.2 Å². The standard InChI is InChI=1S/C28H27ClF3N5O4S2/c1-43(40)14-24-35-22-9-19(25-33-11-23(42-25)28(30,31)32)21(34-17-6-7-36-18(8-17)13-41-27(36)39)10-20(22)26(38)37(24)12-15-2-4-16(29)5-3-15/h2-5,9-11,17-18,24,34-35H,6-8,12-14H2,1H3/t17-,18-,24?,43?/m0/s1. The predicted octanol–water partition coefficient (Wildman–Crippen LogP) is 5.65. The molecule has 3 aliphatic rings. The number of anilines is 2. The van der Waals surface area contributed by atoms with Crippen LogP contribution < -0.4 is 10.6 Å². The van der Waals surface area contributed by atoms with Crippen LogP contribution in [0.25, 0.3) is 10.6 Å². The van der Waals surface area contributed by atoms with Crippen molar-refractivity contribution in [3.8, 4) is 10.6 Å². The van der Waals surface area contributed by atoms with Gasteiger partial charge in [0.25, 0.3) is 5.91 Å². The highest BCUT2D eigenvalue weighted by molar-refractivity contribution is 7.84. The summed E-state index contributed by atoms with van der Waals surface area (Å²) in [4.78, 5) is 32.5. The van der Waals surface area contributed by atoms with Crippen molar-refractivity contribution < 1.29 is 31.7 Å². The number of fused-ring (bicyclic) bond motifs is 2. The number of benzene rings is 2. The van der Waals surface area contributed by atoms with E-state index < -0.39 is 28.0 Å². The van der Waals surface area contributed by atoms with Crippen molar-refractivity contribution in [2.75, 3.05) is 35.8 Å². The normalized spacial score (nSPS) is 22.5. The summed E-state index contributed by atoms with van der Waals surface area (Å²) in [5.41, 5.74) is 2.43. The third kappa shape index (κ3) is 6.18. The number of nitrogens with one attached hydrogen (secondary N) is 2. The molecule has 6 rings (SSSR count). The molecule has 2 aromatic carbocycles. The lowest BCUT2D eigenvalue weighted by Gasteiger charge is -2.38. The number of hydrogen-bond acceptors (Lipinski definition) is 8. The fraction of sp³-hybridized carbons (Fsp3) is 0.393. The maximum absolute atomic E-state index is 14.0. The summed E-state index contributed by atoms with van der Waals surface area (Å²) >= 11 is 6.56. The number of piperidine rings is 1. The molecule has 15 heteroatoms. The number of rotatable bonds is 7. The molecule has 0 spiro atoms. The van der Waals surface area contributed by atoms with Gasteiger partial charge in [-0.25, -0.2) is 9.78 Å². The zero-order chi connectivity index (χ0) is 30.5. The van der Waals surface area contributed by atoms with E-state index in [1.54, 1.807) is 40.3 Å². The Morgan fingerprint density at radius 3 is 2.67 bits per heavy atom. The van der Waals surface area contributed by atoms with Crippen molar-refractivity contribution in [1.82, 2.24) is 14.8 Å². The van der Waals surface area contributed by atoms with Crippen LogP contribution in [0.15, 0.2) is 42.6 Å². The van der Waals surface area contributed by atoms with Crippen LogP contribution in [0.5, 0.6) is 0 Å². The van der Waals surface area contributed by atoms with Gasteiger partial charge in [0.05, 0.1) is 23.6 Å². The van der Waals surface area contributed by atoms with Crippen molar-refractivity contribution >= 4 is 57.1 Å². The van der Waals surface area contributed by atoms with Gasteiger partial charge in [-0.1, -0.05) is 23.7 Å². The second kappa shape index (κ2) is 11.6. The first-order valence-corrected chi connectivity index (χ1v) is 16.4. The highest BCUT2D eigenvalue weighted by Gasteiger charge is 2.39. The Kier molecular flexibility index (Phi) is 8.03. The van der Waals surface area contributed by atoms with Gasteiger partial charge in [-0.05, 0) is 42.7 Å². The van der Waals surface area contributed by atoms with E-state index >= 15 is 0 Å². The lowest BCUT2D eigenvalue weighted by molar-refractivity contribution is -0.134. The van der Waals surface area contributed by atoms with E-state index in [1.807, 2.05) is 12.1 Å². The Bertz CT molecular complexity index is 1590. The fourth-order valence-corrected chi connectivity index (χ4v) is 7.30. The third-order valence-electron chi connectivity index (χ3n) is 7.73. The highest BCUT2D eigenvalue weighted by Crippen LogP contribution is 2.42. The van der Waals surface area contributed by atoms with Gasteiger partial charge in [0, 0.05) is 58.1 Å². The summed E-state index contributed by atoms with van der Waals surface area (Å²) in [7, 11) is -1.26. The van der Waals surface area contributed by atoms with Crippen LogP contribution in [0, 0.1) is 0 Å². The van der Waals surface area contributed by atoms with Crippen molar-refractivity contribution in [2.45, 2.75) is 43.8 Å². The van der Waals surface area contributed by atoms with E-state index in [1.165, 1.54) is 0 Å². The van der Waals surface area contributed by atoms with Crippen LogP contribution in [0.3, 0.4) is 0 Å². The van der Waals surface area contributed by atoms with E-state index in [0.717, 1.165) is 11.8 Å². The summed E-state index contributed by atoms with van der Waals surface area (Å²) in [5, 5.41) is 7.44. The molecule has 4 heterocycles. The second-order valence-corrected chi connectivity index (χ2v) is 13.7. The molecule has 2 unspecified atom stereocenters. The van der Waals surface area contributed by atoms with Crippen molar-refractivity contribution in [3.05, 3.63) is 63.6 Å².